The van der Waals surface area contributed by atoms with Crippen molar-refractivity contribution in [2.45, 2.75) is 38.7 Å². The molecule has 3 N–H and O–H groups in total. The van der Waals surface area contributed by atoms with Crippen LogP contribution >= 0.6 is 11.3 Å². The van der Waals surface area contributed by atoms with Gasteiger partial charge in [-0.1, -0.05) is 37.3 Å². The van der Waals surface area contributed by atoms with Crippen molar-refractivity contribution in [2.24, 2.45) is 10.9 Å². The molecule has 0 fully saturated rings. The summed E-state index contributed by atoms with van der Waals surface area (Å²) in [6.45, 7) is 6.86. The Kier molecular flexibility index (Phi) is 3.51. The molecule has 0 unspecified atom stereocenters. The first-order valence-corrected chi connectivity index (χ1v) is 7.77. The third kappa shape index (κ3) is 2.89. The van der Waals surface area contributed by atoms with Gasteiger partial charge in [0.15, 0.2) is 6.10 Å². The van der Waals surface area contributed by atoms with E-state index in [1.165, 1.54) is 11.3 Å². The number of carbonyl (C=O) groups is 1. The van der Waals surface area contributed by atoms with E-state index in [2.05, 4.69) is 41.3 Å². The number of rotatable bonds is 4. The number of nitrogens with one attached hydrogen (secondary N) is 1. The molecule has 1 atom stereocenters. The minimum atomic E-state index is -0.537. The molecule has 3 rings (SSSR count). The van der Waals surface area contributed by atoms with E-state index in [0.717, 1.165) is 15.8 Å². The molecule has 2 aromatic rings. The van der Waals surface area contributed by atoms with Gasteiger partial charge in [-0.05, 0) is 0 Å². The van der Waals surface area contributed by atoms with Gasteiger partial charge in [-0.2, -0.15) is 0 Å². The Bertz CT molecular complexity index is 710. The molecule has 0 saturated carbocycles. The number of fused-ring (bicyclic) bond motifs is 1. The number of nitrogens with two attached hydrogens (primary N) is 1. The number of oxime groups is 1. The largest absolute Gasteiger partial charge is 0.390 e. The Morgan fingerprint density at radius 2 is 2.36 bits per heavy atom. The number of amides is 1. The minimum Gasteiger partial charge on any atom is -0.390 e. The topological polar surface area (TPSA) is 107 Å². The molecule has 0 saturated heterocycles. The second-order valence-corrected chi connectivity index (χ2v) is 7.18. The van der Waals surface area contributed by atoms with E-state index in [0.29, 0.717) is 13.0 Å². The van der Waals surface area contributed by atoms with Crippen molar-refractivity contribution >= 4 is 33.0 Å². The van der Waals surface area contributed by atoms with Crippen molar-refractivity contribution in [3.63, 3.8) is 0 Å². The monoisotopic (exact) mass is 322 g/mol. The summed E-state index contributed by atoms with van der Waals surface area (Å²) in [5.41, 5.74) is 6.45. The van der Waals surface area contributed by atoms with Crippen LogP contribution in [0, 0.1) is 0 Å². The van der Waals surface area contributed by atoms with Gasteiger partial charge in [-0.15, -0.1) is 5.10 Å². The van der Waals surface area contributed by atoms with Crippen molar-refractivity contribution in [1.29, 1.82) is 0 Å². The lowest BCUT2D eigenvalue weighted by molar-refractivity contribution is -0.112. The number of anilines is 1. The van der Waals surface area contributed by atoms with Gasteiger partial charge in [0, 0.05) is 11.8 Å². The Hall–Kier alpha value is -2.16. The van der Waals surface area contributed by atoms with Crippen LogP contribution < -0.4 is 11.1 Å². The van der Waals surface area contributed by atoms with Gasteiger partial charge in [0.05, 0.1) is 18.4 Å². The van der Waals surface area contributed by atoms with Crippen molar-refractivity contribution in [1.82, 2.24) is 14.6 Å². The maximum atomic E-state index is 11.0. The lowest BCUT2D eigenvalue weighted by Crippen LogP contribution is -2.26. The summed E-state index contributed by atoms with van der Waals surface area (Å²) in [4.78, 5) is 21.6. The molecular formula is C13H18N6O2S. The fourth-order valence-corrected chi connectivity index (χ4v) is 2.81. The number of nitrogens with zero attached hydrogens (tertiary/aromatic N) is 4. The molecule has 0 bridgehead atoms. The van der Waals surface area contributed by atoms with E-state index < -0.39 is 5.91 Å². The maximum absolute atomic E-state index is 11.0. The summed E-state index contributed by atoms with van der Waals surface area (Å²) in [6, 6.07) is 0. The van der Waals surface area contributed by atoms with Crippen LogP contribution in [0.15, 0.2) is 11.4 Å². The van der Waals surface area contributed by atoms with Gasteiger partial charge in [-0.25, -0.2) is 9.50 Å². The van der Waals surface area contributed by atoms with Gasteiger partial charge < -0.3 is 15.9 Å². The zero-order chi connectivity index (χ0) is 15.9. The number of hydrogen-bond donors (Lipinski definition) is 2. The quantitative estimate of drug-likeness (QED) is 0.877. The van der Waals surface area contributed by atoms with E-state index in [-0.39, 0.29) is 17.2 Å². The summed E-state index contributed by atoms with van der Waals surface area (Å²) >= 11 is 1.47. The highest BCUT2D eigenvalue weighted by Crippen LogP contribution is 2.25. The highest BCUT2D eigenvalue weighted by Gasteiger charge is 2.25. The fourth-order valence-electron chi connectivity index (χ4n) is 2.02. The Morgan fingerprint density at radius 3 is 2.95 bits per heavy atom. The Balaban J connectivity index is 1.61. The number of aromatic nitrogens is 3. The first-order valence-electron chi connectivity index (χ1n) is 6.96. The lowest BCUT2D eigenvalue weighted by atomic mass is 9.93. The van der Waals surface area contributed by atoms with Gasteiger partial charge in [0.2, 0.25) is 10.1 Å². The van der Waals surface area contributed by atoms with Crippen LogP contribution in [0.3, 0.4) is 0 Å². The van der Waals surface area contributed by atoms with Gasteiger partial charge in [0.25, 0.3) is 5.91 Å². The number of hydrogen-bond acceptors (Lipinski definition) is 7. The molecule has 118 valence electrons. The van der Waals surface area contributed by atoms with Crippen molar-refractivity contribution in [3.05, 3.63) is 11.9 Å². The molecule has 1 aliphatic heterocycles. The smallest absolute Gasteiger partial charge is 0.266 e. The molecule has 0 aliphatic carbocycles. The Labute approximate surface area is 131 Å². The van der Waals surface area contributed by atoms with E-state index >= 15 is 0 Å². The van der Waals surface area contributed by atoms with Gasteiger partial charge in [0.1, 0.15) is 5.71 Å². The average Bonchev–Trinajstić information content (AvgIpc) is 3.09. The summed E-state index contributed by atoms with van der Waals surface area (Å²) in [7, 11) is 0. The second kappa shape index (κ2) is 5.24. The van der Waals surface area contributed by atoms with Crippen LogP contribution in [0.25, 0.3) is 4.96 Å². The maximum Gasteiger partial charge on any atom is 0.266 e. The summed E-state index contributed by atoms with van der Waals surface area (Å²) in [6.07, 6.45) is 2.15. The standard InChI is InChI=1S/C13H18N6O2S/c1-13(2,3)9-6-19-12(16-9)22-11(17-19)15-5-7-4-8(10(14)20)18-21-7/h6-7H,4-5H2,1-3H3,(H2,14,20)(H,15,17)/t7-/m0/s1. The zero-order valence-electron chi connectivity index (χ0n) is 12.7. The predicted octanol–water partition coefficient (Wildman–Crippen LogP) is 1.13. The molecule has 8 nitrogen and oxygen atoms in total. The molecule has 0 radical (unpaired) electrons. The lowest BCUT2D eigenvalue weighted by Gasteiger charge is -2.13. The third-order valence-electron chi connectivity index (χ3n) is 3.31. The minimum absolute atomic E-state index is 0.00119. The van der Waals surface area contributed by atoms with Gasteiger partial charge >= 0.3 is 0 Å². The average molecular weight is 322 g/mol. The molecule has 22 heavy (non-hydrogen) atoms. The molecule has 9 heteroatoms. The van der Waals surface area contributed by atoms with Crippen LogP contribution in [0.1, 0.15) is 32.9 Å². The summed E-state index contributed by atoms with van der Waals surface area (Å²) < 4.78 is 1.77. The van der Waals surface area contributed by atoms with E-state index in [4.69, 9.17) is 10.6 Å². The summed E-state index contributed by atoms with van der Waals surface area (Å²) in [5, 5.41) is 12.0. The van der Waals surface area contributed by atoms with Crippen LogP contribution in [-0.4, -0.2) is 38.9 Å². The number of carbonyl (C=O) groups excluding carboxylic acids is 1. The molecule has 2 aromatic heterocycles. The first kappa shape index (κ1) is 14.8. The fraction of sp³-hybridized carbons (Fsp3) is 0.538. The first-order chi connectivity index (χ1) is 10.3. The highest BCUT2D eigenvalue weighted by molar-refractivity contribution is 7.20. The molecule has 3 heterocycles. The SMILES string of the molecule is CC(C)(C)c1cn2nc(NC[C@@H]3CC(C(N)=O)=NO3)sc2n1. The zero-order valence-corrected chi connectivity index (χ0v) is 13.5. The molecule has 1 amide bonds. The second-order valence-electron chi connectivity index (χ2n) is 6.23. The van der Waals surface area contributed by atoms with E-state index in [1.54, 1.807) is 4.52 Å². The Morgan fingerprint density at radius 1 is 1.59 bits per heavy atom. The highest BCUT2D eigenvalue weighted by atomic mass is 32.1. The number of primary amides is 1. The third-order valence-corrected chi connectivity index (χ3v) is 4.19. The van der Waals surface area contributed by atoms with Crippen molar-refractivity contribution in [3.8, 4) is 0 Å². The van der Waals surface area contributed by atoms with Crippen LogP contribution in [0.2, 0.25) is 0 Å². The van der Waals surface area contributed by atoms with Crippen LogP contribution in [0.4, 0.5) is 5.13 Å². The summed E-state index contributed by atoms with van der Waals surface area (Å²) in [5.74, 6) is -0.537. The van der Waals surface area contributed by atoms with Crippen molar-refractivity contribution in [2.75, 3.05) is 11.9 Å². The number of imidazole rings is 1. The normalized spacial score (nSPS) is 18.3. The van der Waals surface area contributed by atoms with Crippen LogP contribution in [0.5, 0.6) is 0 Å². The molecular weight excluding hydrogens is 304 g/mol. The van der Waals surface area contributed by atoms with E-state index in [1.807, 2.05) is 6.20 Å². The van der Waals surface area contributed by atoms with E-state index in [9.17, 15) is 4.79 Å². The van der Waals surface area contributed by atoms with Crippen molar-refractivity contribution < 1.29 is 9.63 Å². The van der Waals surface area contributed by atoms with Crippen LogP contribution in [-0.2, 0) is 15.0 Å². The molecule has 1 aliphatic rings. The van der Waals surface area contributed by atoms with Gasteiger partial charge in [-0.3, -0.25) is 4.79 Å². The predicted molar refractivity (Wildman–Crippen MR) is 84.2 cm³/mol. The molecule has 0 aromatic carbocycles. The molecule has 0 spiro atoms.